The SMILES string of the molecule is CC(C)c1cnc(-c2ccc(-c3ccccc3)cc2)o1. The molecule has 2 heteroatoms. The van der Waals surface area contributed by atoms with E-state index in [1.54, 1.807) is 0 Å². The van der Waals surface area contributed by atoms with Crippen LogP contribution < -0.4 is 0 Å². The van der Waals surface area contributed by atoms with Crippen molar-refractivity contribution in [3.63, 3.8) is 0 Å². The Morgan fingerprint density at radius 1 is 0.800 bits per heavy atom. The van der Waals surface area contributed by atoms with Gasteiger partial charge in [-0.25, -0.2) is 4.98 Å². The fraction of sp³-hybridized carbons (Fsp3) is 0.167. The minimum absolute atomic E-state index is 0.361. The van der Waals surface area contributed by atoms with E-state index >= 15 is 0 Å². The molecule has 0 bridgehead atoms. The molecule has 0 saturated carbocycles. The van der Waals surface area contributed by atoms with Gasteiger partial charge in [-0.3, -0.25) is 0 Å². The van der Waals surface area contributed by atoms with E-state index in [1.165, 1.54) is 11.1 Å². The summed E-state index contributed by atoms with van der Waals surface area (Å²) in [5.41, 5.74) is 3.43. The molecule has 1 aromatic heterocycles. The van der Waals surface area contributed by atoms with Crippen LogP contribution in [0.25, 0.3) is 22.6 Å². The first kappa shape index (κ1) is 12.7. The molecule has 2 aromatic carbocycles. The Labute approximate surface area is 119 Å². The number of nitrogens with zero attached hydrogens (tertiary/aromatic N) is 1. The first-order valence-electron chi connectivity index (χ1n) is 6.85. The van der Waals surface area contributed by atoms with E-state index in [2.05, 4.69) is 55.2 Å². The molecule has 2 nitrogen and oxygen atoms in total. The van der Waals surface area contributed by atoms with Gasteiger partial charge in [-0.1, -0.05) is 56.3 Å². The van der Waals surface area contributed by atoms with Crippen LogP contribution in [-0.2, 0) is 0 Å². The van der Waals surface area contributed by atoms with Crippen LogP contribution >= 0.6 is 0 Å². The molecule has 0 radical (unpaired) electrons. The third kappa shape index (κ3) is 2.50. The normalized spacial score (nSPS) is 10.9. The van der Waals surface area contributed by atoms with Crippen molar-refractivity contribution in [2.24, 2.45) is 0 Å². The van der Waals surface area contributed by atoms with E-state index in [4.69, 9.17) is 4.42 Å². The van der Waals surface area contributed by atoms with Gasteiger partial charge >= 0.3 is 0 Å². The van der Waals surface area contributed by atoms with Crippen LogP contribution in [0.5, 0.6) is 0 Å². The van der Waals surface area contributed by atoms with Crippen molar-refractivity contribution in [1.29, 1.82) is 0 Å². The van der Waals surface area contributed by atoms with Crippen molar-refractivity contribution in [3.8, 4) is 22.6 Å². The minimum Gasteiger partial charge on any atom is -0.441 e. The fourth-order valence-electron chi connectivity index (χ4n) is 2.12. The third-order valence-electron chi connectivity index (χ3n) is 3.33. The Balaban J connectivity index is 1.89. The van der Waals surface area contributed by atoms with Crippen molar-refractivity contribution in [3.05, 3.63) is 66.6 Å². The predicted molar refractivity (Wildman–Crippen MR) is 81.5 cm³/mol. The standard InChI is InChI=1S/C18H17NO/c1-13(2)17-12-19-18(20-17)16-10-8-15(9-11-16)14-6-4-3-5-7-14/h3-13H,1-2H3. The molecule has 0 fully saturated rings. The average molecular weight is 263 g/mol. The second-order valence-electron chi connectivity index (χ2n) is 5.17. The molecule has 100 valence electrons. The van der Waals surface area contributed by atoms with Crippen LogP contribution in [0, 0.1) is 0 Å². The monoisotopic (exact) mass is 263 g/mol. The van der Waals surface area contributed by atoms with E-state index in [1.807, 2.05) is 24.4 Å². The van der Waals surface area contributed by atoms with Gasteiger partial charge < -0.3 is 4.42 Å². The van der Waals surface area contributed by atoms with E-state index in [0.717, 1.165) is 11.3 Å². The minimum atomic E-state index is 0.361. The predicted octanol–water partition coefficient (Wildman–Crippen LogP) is 5.13. The Morgan fingerprint density at radius 3 is 2.00 bits per heavy atom. The Kier molecular flexibility index (Phi) is 3.38. The van der Waals surface area contributed by atoms with Gasteiger partial charge in [0.05, 0.1) is 6.20 Å². The summed E-state index contributed by atoms with van der Waals surface area (Å²) in [4.78, 5) is 4.34. The van der Waals surface area contributed by atoms with E-state index in [0.29, 0.717) is 11.8 Å². The molecule has 0 saturated heterocycles. The van der Waals surface area contributed by atoms with Crippen LogP contribution in [0.15, 0.2) is 65.2 Å². The summed E-state index contributed by atoms with van der Waals surface area (Å²) in [5.74, 6) is 1.97. The van der Waals surface area contributed by atoms with Crippen molar-refractivity contribution in [2.45, 2.75) is 19.8 Å². The van der Waals surface area contributed by atoms with Gasteiger partial charge in [0.25, 0.3) is 0 Å². The molecule has 0 N–H and O–H groups in total. The second kappa shape index (κ2) is 5.33. The molecular weight excluding hydrogens is 246 g/mol. The molecule has 0 spiro atoms. The maximum Gasteiger partial charge on any atom is 0.226 e. The quantitative estimate of drug-likeness (QED) is 0.654. The van der Waals surface area contributed by atoms with Crippen LogP contribution in [0.1, 0.15) is 25.5 Å². The molecule has 3 rings (SSSR count). The summed E-state index contributed by atoms with van der Waals surface area (Å²) in [6, 6.07) is 18.6. The molecule has 0 aliphatic rings. The Bertz CT molecular complexity index is 681. The fourth-order valence-corrected chi connectivity index (χ4v) is 2.12. The van der Waals surface area contributed by atoms with E-state index in [-0.39, 0.29) is 0 Å². The smallest absolute Gasteiger partial charge is 0.226 e. The molecule has 0 atom stereocenters. The van der Waals surface area contributed by atoms with Gasteiger partial charge in [0.1, 0.15) is 5.76 Å². The Morgan fingerprint density at radius 2 is 1.40 bits per heavy atom. The lowest BCUT2D eigenvalue weighted by atomic mass is 10.0. The summed E-state index contributed by atoms with van der Waals surface area (Å²) >= 11 is 0. The molecule has 0 unspecified atom stereocenters. The maximum absolute atomic E-state index is 5.77. The zero-order valence-electron chi connectivity index (χ0n) is 11.7. The lowest BCUT2D eigenvalue weighted by Gasteiger charge is -2.02. The van der Waals surface area contributed by atoms with Crippen LogP contribution in [0.4, 0.5) is 0 Å². The molecular formula is C18H17NO. The van der Waals surface area contributed by atoms with Crippen molar-refractivity contribution in [1.82, 2.24) is 4.98 Å². The first-order valence-corrected chi connectivity index (χ1v) is 6.85. The highest BCUT2D eigenvalue weighted by molar-refractivity contribution is 5.67. The van der Waals surface area contributed by atoms with E-state index < -0.39 is 0 Å². The van der Waals surface area contributed by atoms with Crippen LogP contribution in [0.3, 0.4) is 0 Å². The number of hydrogen-bond donors (Lipinski definition) is 0. The molecule has 0 amide bonds. The topological polar surface area (TPSA) is 26.0 Å². The van der Waals surface area contributed by atoms with Gasteiger partial charge in [0.15, 0.2) is 0 Å². The number of rotatable bonds is 3. The lowest BCUT2D eigenvalue weighted by Crippen LogP contribution is -1.81. The van der Waals surface area contributed by atoms with Gasteiger partial charge in [-0.2, -0.15) is 0 Å². The summed E-state index contributed by atoms with van der Waals surface area (Å²) in [6.45, 7) is 4.20. The van der Waals surface area contributed by atoms with E-state index in [9.17, 15) is 0 Å². The number of oxazole rings is 1. The summed E-state index contributed by atoms with van der Waals surface area (Å²) in [5, 5.41) is 0. The van der Waals surface area contributed by atoms with Gasteiger partial charge in [-0.15, -0.1) is 0 Å². The second-order valence-corrected chi connectivity index (χ2v) is 5.17. The van der Waals surface area contributed by atoms with Crippen LogP contribution in [0.2, 0.25) is 0 Å². The molecule has 20 heavy (non-hydrogen) atoms. The Hall–Kier alpha value is -2.35. The molecule has 0 aliphatic carbocycles. The van der Waals surface area contributed by atoms with Crippen molar-refractivity contribution in [2.75, 3.05) is 0 Å². The number of aromatic nitrogens is 1. The number of benzene rings is 2. The highest BCUT2D eigenvalue weighted by Crippen LogP contribution is 2.26. The zero-order chi connectivity index (χ0) is 13.9. The number of hydrogen-bond acceptors (Lipinski definition) is 2. The highest BCUT2D eigenvalue weighted by Gasteiger charge is 2.09. The third-order valence-corrected chi connectivity index (χ3v) is 3.33. The van der Waals surface area contributed by atoms with Crippen molar-refractivity contribution >= 4 is 0 Å². The first-order chi connectivity index (χ1) is 9.74. The zero-order valence-corrected chi connectivity index (χ0v) is 11.7. The lowest BCUT2D eigenvalue weighted by molar-refractivity contribution is 0.495. The molecule has 3 aromatic rings. The molecule has 1 heterocycles. The largest absolute Gasteiger partial charge is 0.441 e. The average Bonchev–Trinajstić information content (AvgIpc) is 2.98. The highest BCUT2D eigenvalue weighted by atomic mass is 16.4. The van der Waals surface area contributed by atoms with Crippen molar-refractivity contribution < 1.29 is 4.42 Å². The summed E-state index contributed by atoms with van der Waals surface area (Å²) in [7, 11) is 0. The summed E-state index contributed by atoms with van der Waals surface area (Å²) in [6.07, 6.45) is 1.81. The van der Waals surface area contributed by atoms with Crippen LogP contribution in [-0.4, -0.2) is 4.98 Å². The molecule has 0 aliphatic heterocycles. The van der Waals surface area contributed by atoms with Gasteiger partial charge in [0.2, 0.25) is 5.89 Å². The maximum atomic E-state index is 5.77. The summed E-state index contributed by atoms with van der Waals surface area (Å²) < 4.78 is 5.77. The van der Waals surface area contributed by atoms with Gasteiger partial charge in [-0.05, 0) is 23.3 Å². The van der Waals surface area contributed by atoms with Gasteiger partial charge in [0, 0.05) is 11.5 Å².